The van der Waals surface area contributed by atoms with E-state index in [0.717, 1.165) is 11.3 Å². The van der Waals surface area contributed by atoms with Crippen LogP contribution in [0.2, 0.25) is 0 Å². The van der Waals surface area contributed by atoms with Gasteiger partial charge >= 0.3 is 0 Å². The van der Waals surface area contributed by atoms with E-state index in [-0.39, 0.29) is 17.9 Å². The second kappa shape index (κ2) is 3.72. The summed E-state index contributed by atoms with van der Waals surface area (Å²) in [6.07, 6.45) is 1.63. The minimum absolute atomic E-state index is 0.103. The second-order valence-corrected chi connectivity index (χ2v) is 5.65. The Morgan fingerprint density at radius 3 is 2.76 bits per heavy atom. The molecular formula is C15H14N4O2. The maximum atomic E-state index is 12.7. The Hall–Kier alpha value is -2.63. The van der Waals surface area contributed by atoms with Gasteiger partial charge in [-0.3, -0.25) is 9.59 Å². The third-order valence-electron chi connectivity index (χ3n) is 4.14. The van der Waals surface area contributed by atoms with E-state index in [2.05, 4.69) is 15.6 Å². The van der Waals surface area contributed by atoms with E-state index in [4.69, 9.17) is 0 Å². The van der Waals surface area contributed by atoms with Crippen molar-refractivity contribution in [3.63, 3.8) is 0 Å². The normalized spacial score (nSPS) is 22.4. The lowest BCUT2D eigenvalue weighted by molar-refractivity contribution is -0.120. The third kappa shape index (κ3) is 1.29. The molecule has 6 heteroatoms. The average molecular weight is 282 g/mol. The molecule has 0 fully saturated rings. The second-order valence-electron chi connectivity index (χ2n) is 5.65. The van der Waals surface area contributed by atoms with Crippen LogP contribution >= 0.6 is 0 Å². The van der Waals surface area contributed by atoms with E-state index in [1.54, 1.807) is 6.33 Å². The standard InChI is InChI=1S/C15H14N4O2/c1-8(2)19-7-16-11-12(19)15(18-13(11)20)9-5-3-4-6-10(9)17-14(15)21/h3-8H,1-2H3,(H,17,21)(H,18,20). The largest absolute Gasteiger partial charge is 0.329 e. The Labute approximate surface area is 121 Å². The number of amides is 2. The van der Waals surface area contributed by atoms with Crippen molar-refractivity contribution < 1.29 is 9.59 Å². The van der Waals surface area contributed by atoms with Crippen LogP contribution in [0.3, 0.4) is 0 Å². The summed E-state index contributed by atoms with van der Waals surface area (Å²) in [5, 5.41) is 5.69. The molecule has 2 aliphatic rings. The predicted octanol–water partition coefficient (Wildman–Crippen LogP) is 1.40. The van der Waals surface area contributed by atoms with Crippen LogP contribution in [-0.4, -0.2) is 21.4 Å². The zero-order chi connectivity index (χ0) is 14.8. The molecule has 1 aromatic carbocycles. The van der Waals surface area contributed by atoms with Crippen molar-refractivity contribution in [1.29, 1.82) is 0 Å². The smallest absolute Gasteiger partial charge is 0.273 e. The lowest BCUT2D eigenvalue weighted by atomic mass is 9.89. The minimum Gasteiger partial charge on any atom is -0.329 e. The quantitative estimate of drug-likeness (QED) is 0.830. The van der Waals surface area contributed by atoms with Crippen molar-refractivity contribution in [2.45, 2.75) is 25.4 Å². The number of anilines is 1. The van der Waals surface area contributed by atoms with E-state index in [0.29, 0.717) is 11.4 Å². The third-order valence-corrected chi connectivity index (χ3v) is 4.14. The van der Waals surface area contributed by atoms with Gasteiger partial charge in [0.15, 0.2) is 11.2 Å². The molecule has 2 N–H and O–H groups in total. The Kier molecular flexibility index (Phi) is 2.15. The number of carbonyl (C=O) groups excluding carboxylic acids is 2. The first kappa shape index (κ1) is 12.1. The highest BCUT2D eigenvalue weighted by atomic mass is 16.2. The molecule has 21 heavy (non-hydrogen) atoms. The van der Waals surface area contributed by atoms with Crippen molar-refractivity contribution >= 4 is 17.5 Å². The topological polar surface area (TPSA) is 76.0 Å². The lowest BCUT2D eigenvalue weighted by Crippen LogP contribution is -2.47. The molecule has 2 aliphatic heterocycles. The number of imidazole rings is 1. The number of rotatable bonds is 1. The first-order valence-corrected chi connectivity index (χ1v) is 6.86. The van der Waals surface area contributed by atoms with Crippen LogP contribution in [0.25, 0.3) is 0 Å². The lowest BCUT2D eigenvalue weighted by Gasteiger charge is -2.25. The maximum Gasteiger partial charge on any atom is 0.273 e. The van der Waals surface area contributed by atoms with Crippen LogP contribution in [0, 0.1) is 0 Å². The molecule has 6 nitrogen and oxygen atoms in total. The summed E-state index contributed by atoms with van der Waals surface area (Å²) in [4.78, 5) is 29.1. The molecule has 1 unspecified atom stereocenters. The summed E-state index contributed by atoms with van der Waals surface area (Å²) in [5.41, 5.74) is 1.29. The number of fused-ring (bicyclic) bond motifs is 4. The van der Waals surface area contributed by atoms with Gasteiger partial charge in [-0.2, -0.15) is 0 Å². The Balaban J connectivity index is 2.06. The molecule has 1 spiro atoms. The molecule has 4 rings (SSSR count). The summed E-state index contributed by atoms with van der Waals surface area (Å²) in [5.74, 6) is -0.547. The SMILES string of the molecule is CC(C)n1cnc2c1C1(NC2=O)C(=O)Nc2ccccc21. The molecule has 0 aliphatic carbocycles. The fourth-order valence-electron chi connectivity index (χ4n) is 3.20. The number of nitrogens with one attached hydrogen (secondary N) is 2. The van der Waals surface area contributed by atoms with E-state index in [9.17, 15) is 9.59 Å². The summed E-state index contributed by atoms with van der Waals surface area (Å²) in [6, 6.07) is 7.52. The van der Waals surface area contributed by atoms with Gasteiger partial charge in [0.05, 0.1) is 12.0 Å². The highest BCUT2D eigenvalue weighted by molar-refractivity contribution is 6.15. The first-order valence-electron chi connectivity index (χ1n) is 6.86. The van der Waals surface area contributed by atoms with Gasteiger partial charge in [-0.15, -0.1) is 0 Å². The first-order chi connectivity index (χ1) is 10.1. The molecular weight excluding hydrogens is 268 g/mol. The van der Waals surface area contributed by atoms with Crippen LogP contribution in [0.1, 0.15) is 41.6 Å². The van der Waals surface area contributed by atoms with Crippen LogP contribution in [0.5, 0.6) is 0 Å². The number of benzene rings is 1. The highest BCUT2D eigenvalue weighted by Gasteiger charge is 2.57. The molecule has 0 bridgehead atoms. The molecule has 2 amide bonds. The van der Waals surface area contributed by atoms with Crippen LogP contribution in [0.4, 0.5) is 5.69 Å². The van der Waals surface area contributed by atoms with Crippen LogP contribution in [0.15, 0.2) is 30.6 Å². The fraction of sp³-hybridized carbons (Fsp3) is 0.267. The van der Waals surface area contributed by atoms with Gasteiger partial charge in [-0.25, -0.2) is 4.98 Å². The van der Waals surface area contributed by atoms with Gasteiger partial charge in [0.1, 0.15) is 0 Å². The van der Waals surface area contributed by atoms with Gasteiger partial charge in [0.25, 0.3) is 11.8 Å². The zero-order valence-electron chi connectivity index (χ0n) is 11.7. The highest BCUT2D eigenvalue weighted by Crippen LogP contribution is 2.45. The maximum absolute atomic E-state index is 12.7. The van der Waals surface area contributed by atoms with Gasteiger partial charge in [-0.05, 0) is 19.9 Å². The Morgan fingerprint density at radius 1 is 1.24 bits per heavy atom. The molecule has 0 saturated heterocycles. The number of hydrogen-bond acceptors (Lipinski definition) is 3. The summed E-state index contributed by atoms with van der Waals surface area (Å²) >= 11 is 0. The number of para-hydroxylation sites is 1. The monoisotopic (exact) mass is 282 g/mol. The van der Waals surface area contributed by atoms with Crippen molar-refractivity contribution in [3.05, 3.63) is 47.5 Å². The van der Waals surface area contributed by atoms with Crippen molar-refractivity contribution in [1.82, 2.24) is 14.9 Å². The zero-order valence-corrected chi connectivity index (χ0v) is 11.7. The average Bonchev–Trinajstić information content (AvgIpc) is 3.07. The summed E-state index contributed by atoms with van der Waals surface area (Å²) in [6.45, 7) is 3.99. The van der Waals surface area contributed by atoms with Gasteiger partial charge in [0.2, 0.25) is 0 Å². The molecule has 1 aromatic heterocycles. The number of hydrogen-bond donors (Lipinski definition) is 2. The molecule has 0 saturated carbocycles. The predicted molar refractivity (Wildman–Crippen MR) is 75.9 cm³/mol. The Morgan fingerprint density at radius 2 is 2.00 bits per heavy atom. The fourth-order valence-corrected chi connectivity index (χ4v) is 3.20. The molecule has 1 atom stereocenters. The summed E-state index contributed by atoms with van der Waals surface area (Å²) in [7, 11) is 0. The van der Waals surface area contributed by atoms with E-state index < -0.39 is 5.54 Å². The number of nitrogens with zero attached hydrogens (tertiary/aromatic N) is 2. The van der Waals surface area contributed by atoms with Crippen LogP contribution in [-0.2, 0) is 10.3 Å². The van der Waals surface area contributed by atoms with Gasteiger partial charge < -0.3 is 15.2 Å². The van der Waals surface area contributed by atoms with Gasteiger partial charge in [-0.1, -0.05) is 18.2 Å². The van der Waals surface area contributed by atoms with E-state index in [1.165, 1.54) is 0 Å². The van der Waals surface area contributed by atoms with Gasteiger partial charge in [0, 0.05) is 17.3 Å². The van der Waals surface area contributed by atoms with E-state index in [1.807, 2.05) is 42.7 Å². The van der Waals surface area contributed by atoms with Crippen molar-refractivity contribution in [3.8, 4) is 0 Å². The number of carbonyl (C=O) groups is 2. The molecule has 3 heterocycles. The minimum atomic E-state index is -1.16. The molecule has 106 valence electrons. The van der Waals surface area contributed by atoms with Crippen molar-refractivity contribution in [2.75, 3.05) is 5.32 Å². The Bertz CT molecular complexity index is 793. The van der Waals surface area contributed by atoms with Crippen LogP contribution < -0.4 is 10.6 Å². The van der Waals surface area contributed by atoms with Crippen molar-refractivity contribution in [2.24, 2.45) is 0 Å². The molecule has 2 aromatic rings. The molecule has 0 radical (unpaired) electrons. The summed E-state index contributed by atoms with van der Waals surface area (Å²) < 4.78 is 1.88. The van der Waals surface area contributed by atoms with E-state index >= 15 is 0 Å². The number of aromatic nitrogens is 2.